The Bertz CT molecular complexity index is 832. The highest BCUT2D eigenvalue weighted by atomic mass is 16.2. The Morgan fingerprint density at radius 2 is 2.19 bits per heavy atom. The molecule has 4 heterocycles. The highest BCUT2D eigenvalue weighted by Crippen LogP contribution is 2.27. The van der Waals surface area contributed by atoms with Gasteiger partial charge in [0.1, 0.15) is 11.9 Å². The molecule has 0 saturated carbocycles. The number of hydrogen-bond donors (Lipinski definition) is 0. The third-order valence-corrected chi connectivity index (χ3v) is 5.83. The summed E-state index contributed by atoms with van der Waals surface area (Å²) < 4.78 is 1.80. The number of hydrogen-bond acceptors (Lipinski definition) is 5. The Labute approximate surface area is 160 Å². The molecule has 7 heteroatoms. The molecule has 0 N–H and O–H groups in total. The van der Waals surface area contributed by atoms with Gasteiger partial charge in [-0.1, -0.05) is 0 Å². The van der Waals surface area contributed by atoms with Gasteiger partial charge in [0.05, 0.1) is 0 Å². The number of likely N-dealkylation sites (N-methyl/N-ethyl adjacent to an activating group) is 1. The van der Waals surface area contributed by atoms with Crippen LogP contribution in [-0.4, -0.2) is 62.1 Å². The summed E-state index contributed by atoms with van der Waals surface area (Å²) in [5, 5.41) is 4.30. The van der Waals surface area contributed by atoms with Crippen LogP contribution in [0.15, 0.2) is 18.5 Å². The van der Waals surface area contributed by atoms with E-state index in [1.807, 2.05) is 31.0 Å². The number of carbonyl (C=O) groups is 1. The van der Waals surface area contributed by atoms with Gasteiger partial charge in [0.2, 0.25) is 5.91 Å². The van der Waals surface area contributed by atoms with Crippen molar-refractivity contribution in [3.63, 3.8) is 0 Å². The predicted octanol–water partition coefficient (Wildman–Crippen LogP) is 1.94. The predicted molar refractivity (Wildman–Crippen MR) is 102 cm³/mol. The minimum absolute atomic E-state index is 0.131. The quantitative estimate of drug-likeness (QED) is 0.828. The van der Waals surface area contributed by atoms with E-state index >= 15 is 0 Å². The first-order chi connectivity index (χ1) is 13.0. The Morgan fingerprint density at radius 3 is 2.96 bits per heavy atom. The lowest BCUT2D eigenvalue weighted by atomic mass is 9.96. The Kier molecular flexibility index (Phi) is 4.95. The molecule has 0 unspecified atom stereocenters. The minimum Gasteiger partial charge on any atom is -0.340 e. The van der Waals surface area contributed by atoms with E-state index in [1.165, 1.54) is 11.3 Å². The topological polar surface area (TPSA) is 67.2 Å². The van der Waals surface area contributed by atoms with Crippen LogP contribution in [0.3, 0.4) is 0 Å². The summed E-state index contributed by atoms with van der Waals surface area (Å²) in [6, 6.07) is 1.65. The molecular formula is C20H28N6O. The van der Waals surface area contributed by atoms with Gasteiger partial charge < -0.3 is 9.80 Å². The number of aryl methyl sites for hydroxylation is 1. The first kappa shape index (κ1) is 18.1. The van der Waals surface area contributed by atoms with Crippen LogP contribution in [-0.2, 0) is 17.8 Å². The normalized spacial score (nSPS) is 21.7. The van der Waals surface area contributed by atoms with Crippen LogP contribution < -0.4 is 0 Å². The molecular weight excluding hydrogens is 340 g/mol. The molecule has 4 rings (SSSR count). The highest BCUT2D eigenvalue weighted by Gasteiger charge is 2.30. The summed E-state index contributed by atoms with van der Waals surface area (Å²) in [5.41, 5.74) is 3.42. The van der Waals surface area contributed by atoms with Crippen molar-refractivity contribution in [1.29, 1.82) is 0 Å². The summed E-state index contributed by atoms with van der Waals surface area (Å²) >= 11 is 0. The molecule has 27 heavy (non-hydrogen) atoms. The van der Waals surface area contributed by atoms with Gasteiger partial charge in [-0.25, -0.2) is 9.97 Å². The van der Waals surface area contributed by atoms with Crippen molar-refractivity contribution in [3.8, 4) is 0 Å². The van der Waals surface area contributed by atoms with Crippen molar-refractivity contribution in [3.05, 3.63) is 41.2 Å². The lowest BCUT2D eigenvalue weighted by molar-refractivity contribution is -0.135. The molecule has 144 valence electrons. The third kappa shape index (κ3) is 3.60. The molecule has 0 radical (unpaired) electrons. The molecule has 1 fully saturated rings. The maximum absolute atomic E-state index is 13.0. The van der Waals surface area contributed by atoms with E-state index in [0.717, 1.165) is 50.4 Å². The SMILES string of the molecule is Cc1ccnn1[C@H](C)C(=O)N1CCC[C@H](c2ncc3c(n2)CCN(C)C3)C1. The average Bonchev–Trinajstić information content (AvgIpc) is 3.12. The third-order valence-electron chi connectivity index (χ3n) is 5.83. The number of nitrogens with zero attached hydrogens (tertiary/aromatic N) is 6. The van der Waals surface area contributed by atoms with Gasteiger partial charge in [0.15, 0.2) is 0 Å². The Morgan fingerprint density at radius 1 is 1.33 bits per heavy atom. The number of carbonyl (C=O) groups excluding carboxylic acids is 1. The smallest absolute Gasteiger partial charge is 0.247 e. The fraction of sp³-hybridized carbons (Fsp3) is 0.600. The van der Waals surface area contributed by atoms with Crippen LogP contribution in [0.25, 0.3) is 0 Å². The lowest BCUT2D eigenvalue weighted by Gasteiger charge is -2.34. The number of piperidine rings is 1. The minimum atomic E-state index is -0.279. The second-order valence-corrected chi connectivity index (χ2v) is 7.90. The molecule has 0 spiro atoms. The van der Waals surface area contributed by atoms with E-state index < -0.39 is 0 Å². The highest BCUT2D eigenvalue weighted by molar-refractivity contribution is 5.80. The standard InChI is InChI=1S/C20H28N6O/c1-14-6-8-22-26(14)15(2)20(27)25-9-4-5-16(13-25)19-21-11-17-12-24(3)10-7-18(17)23-19/h6,8,11,15-16H,4-5,7,9-10,12-13H2,1-3H3/t15-,16+/m1/s1. The number of amides is 1. The first-order valence-electron chi connectivity index (χ1n) is 9.85. The first-order valence-corrected chi connectivity index (χ1v) is 9.85. The molecule has 0 aliphatic carbocycles. The molecule has 1 saturated heterocycles. The summed E-state index contributed by atoms with van der Waals surface area (Å²) in [5.74, 6) is 1.25. The summed E-state index contributed by atoms with van der Waals surface area (Å²) in [6.45, 7) is 7.37. The fourth-order valence-electron chi connectivity index (χ4n) is 4.21. The van der Waals surface area contributed by atoms with Gasteiger partial charge in [-0.3, -0.25) is 9.48 Å². The van der Waals surface area contributed by atoms with Gasteiger partial charge in [-0.15, -0.1) is 0 Å². The summed E-state index contributed by atoms with van der Waals surface area (Å²) in [6.07, 6.45) is 6.74. The molecule has 0 aromatic carbocycles. The maximum atomic E-state index is 13.0. The Balaban J connectivity index is 1.48. The summed E-state index contributed by atoms with van der Waals surface area (Å²) in [4.78, 5) is 26.8. The molecule has 1 amide bonds. The molecule has 2 atom stereocenters. The van der Waals surface area contributed by atoms with Crippen molar-refractivity contribution in [2.24, 2.45) is 0 Å². The van der Waals surface area contributed by atoms with Crippen LogP contribution in [0.5, 0.6) is 0 Å². The van der Waals surface area contributed by atoms with Crippen LogP contribution in [0.1, 0.15) is 54.5 Å². The molecule has 2 aliphatic rings. The van der Waals surface area contributed by atoms with Gasteiger partial charge in [-0.2, -0.15) is 5.10 Å². The molecule has 0 bridgehead atoms. The largest absolute Gasteiger partial charge is 0.340 e. The van der Waals surface area contributed by atoms with Gasteiger partial charge >= 0.3 is 0 Å². The van der Waals surface area contributed by atoms with E-state index in [4.69, 9.17) is 4.98 Å². The van der Waals surface area contributed by atoms with Crippen molar-refractivity contribution in [2.45, 2.75) is 51.6 Å². The second kappa shape index (κ2) is 7.38. The monoisotopic (exact) mass is 368 g/mol. The number of aromatic nitrogens is 4. The van der Waals surface area contributed by atoms with Crippen molar-refractivity contribution in [2.75, 3.05) is 26.7 Å². The van der Waals surface area contributed by atoms with E-state index in [-0.39, 0.29) is 17.9 Å². The van der Waals surface area contributed by atoms with E-state index in [1.54, 1.807) is 10.9 Å². The van der Waals surface area contributed by atoms with E-state index in [9.17, 15) is 4.79 Å². The zero-order valence-corrected chi connectivity index (χ0v) is 16.4. The van der Waals surface area contributed by atoms with Crippen molar-refractivity contribution >= 4 is 5.91 Å². The second-order valence-electron chi connectivity index (χ2n) is 7.90. The lowest BCUT2D eigenvalue weighted by Crippen LogP contribution is -2.43. The average molecular weight is 368 g/mol. The van der Waals surface area contributed by atoms with Gasteiger partial charge in [-0.05, 0) is 39.8 Å². The van der Waals surface area contributed by atoms with Crippen LogP contribution in [0.4, 0.5) is 0 Å². The van der Waals surface area contributed by atoms with Gasteiger partial charge in [0, 0.05) is 67.9 Å². The zero-order valence-electron chi connectivity index (χ0n) is 16.4. The molecule has 2 aromatic heterocycles. The van der Waals surface area contributed by atoms with Crippen LogP contribution in [0, 0.1) is 6.92 Å². The number of rotatable bonds is 3. The number of likely N-dealkylation sites (tertiary alicyclic amines) is 1. The van der Waals surface area contributed by atoms with Crippen molar-refractivity contribution < 1.29 is 4.79 Å². The number of fused-ring (bicyclic) bond motifs is 1. The zero-order chi connectivity index (χ0) is 19.0. The summed E-state index contributed by atoms with van der Waals surface area (Å²) in [7, 11) is 2.13. The van der Waals surface area contributed by atoms with Gasteiger partial charge in [0.25, 0.3) is 0 Å². The Hall–Kier alpha value is -2.28. The molecule has 7 nitrogen and oxygen atoms in total. The van der Waals surface area contributed by atoms with E-state index in [2.05, 4.69) is 22.0 Å². The van der Waals surface area contributed by atoms with Crippen LogP contribution in [0.2, 0.25) is 0 Å². The van der Waals surface area contributed by atoms with Crippen molar-refractivity contribution in [1.82, 2.24) is 29.5 Å². The maximum Gasteiger partial charge on any atom is 0.247 e. The molecule has 2 aliphatic heterocycles. The fourth-order valence-corrected chi connectivity index (χ4v) is 4.21. The van der Waals surface area contributed by atoms with Crippen LogP contribution >= 0.6 is 0 Å². The van der Waals surface area contributed by atoms with E-state index in [0.29, 0.717) is 6.54 Å². The molecule has 2 aromatic rings.